The number of rotatable bonds is 6. The quantitative estimate of drug-likeness (QED) is 0.807. The maximum Gasteiger partial charge on any atom is 0.416 e. The Morgan fingerprint density at radius 2 is 1.74 bits per heavy atom. The number of nitrogens with one attached hydrogen (secondary N) is 2. The predicted molar refractivity (Wildman–Crippen MR) is 95.1 cm³/mol. The second-order valence-electron chi connectivity index (χ2n) is 6.49. The fraction of sp³-hybridized carbons (Fsp3) is 0.350. The highest BCUT2D eigenvalue weighted by Crippen LogP contribution is 2.29. The Hall–Kier alpha value is -2.54. The molecule has 2 aromatic rings. The van der Waals surface area contributed by atoms with E-state index in [1.165, 1.54) is 12.1 Å². The third kappa shape index (κ3) is 5.47. The normalized spacial score (nSPS) is 16.9. The van der Waals surface area contributed by atoms with Crippen LogP contribution in [0.3, 0.4) is 0 Å². The molecule has 0 unspecified atom stereocenters. The Kier molecular flexibility index (Phi) is 6.01. The molecule has 27 heavy (non-hydrogen) atoms. The van der Waals surface area contributed by atoms with E-state index >= 15 is 0 Å². The lowest BCUT2D eigenvalue weighted by molar-refractivity contribution is -0.137. The molecule has 4 nitrogen and oxygen atoms in total. The minimum atomic E-state index is -4.33. The lowest BCUT2D eigenvalue weighted by Crippen LogP contribution is -2.39. The summed E-state index contributed by atoms with van der Waals surface area (Å²) in [7, 11) is 0. The Balaban J connectivity index is 1.46. The number of alkyl halides is 3. The Labute approximate surface area is 155 Å². The molecule has 1 heterocycles. The fourth-order valence-electron chi connectivity index (χ4n) is 2.88. The summed E-state index contributed by atoms with van der Waals surface area (Å²) >= 11 is 0. The molecule has 0 saturated carbocycles. The second kappa shape index (κ2) is 8.43. The van der Waals surface area contributed by atoms with Crippen molar-refractivity contribution in [2.75, 3.05) is 6.54 Å². The summed E-state index contributed by atoms with van der Waals surface area (Å²) in [6, 6.07) is 12.1. The van der Waals surface area contributed by atoms with Crippen LogP contribution in [-0.4, -0.2) is 18.5 Å². The summed E-state index contributed by atoms with van der Waals surface area (Å²) in [5.41, 5.74) is 0.928. The highest BCUT2D eigenvalue weighted by Gasteiger charge is 2.29. The van der Waals surface area contributed by atoms with Crippen LogP contribution >= 0.6 is 0 Å². The van der Waals surface area contributed by atoms with Gasteiger partial charge in [-0.25, -0.2) is 0 Å². The molecule has 0 aromatic heterocycles. The van der Waals surface area contributed by atoms with Crippen molar-refractivity contribution >= 4 is 5.91 Å². The van der Waals surface area contributed by atoms with Crippen LogP contribution in [0, 0.1) is 0 Å². The van der Waals surface area contributed by atoms with Crippen molar-refractivity contribution in [2.45, 2.75) is 38.2 Å². The first-order chi connectivity index (χ1) is 12.9. The molecule has 1 amide bonds. The molecule has 1 atom stereocenters. The molecule has 144 valence electrons. The van der Waals surface area contributed by atoms with E-state index < -0.39 is 11.7 Å². The highest BCUT2D eigenvalue weighted by atomic mass is 19.4. The van der Waals surface area contributed by atoms with Crippen LogP contribution in [0.4, 0.5) is 13.2 Å². The van der Waals surface area contributed by atoms with Crippen LogP contribution in [0.1, 0.15) is 29.5 Å². The predicted octanol–water partition coefficient (Wildman–Crippen LogP) is 3.65. The minimum Gasteiger partial charge on any atom is -0.489 e. The molecule has 3 rings (SSSR count). The molecule has 0 spiro atoms. The summed E-state index contributed by atoms with van der Waals surface area (Å²) in [6.07, 6.45) is -2.45. The summed E-state index contributed by atoms with van der Waals surface area (Å²) in [5.74, 6) is 0.623. The van der Waals surface area contributed by atoms with Gasteiger partial charge in [0, 0.05) is 6.54 Å². The zero-order chi connectivity index (χ0) is 19.3. The number of carbonyl (C=O) groups is 1. The van der Waals surface area contributed by atoms with E-state index in [0.717, 1.165) is 37.1 Å². The number of ether oxygens (including phenoxy) is 1. The van der Waals surface area contributed by atoms with Gasteiger partial charge in [-0.3, -0.25) is 4.79 Å². The van der Waals surface area contributed by atoms with Crippen molar-refractivity contribution in [3.8, 4) is 5.75 Å². The lowest BCUT2D eigenvalue weighted by atomic mass is 10.1. The Bertz CT molecular complexity index is 752. The van der Waals surface area contributed by atoms with Gasteiger partial charge in [0.2, 0.25) is 5.91 Å². The van der Waals surface area contributed by atoms with Gasteiger partial charge < -0.3 is 15.4 Å². The van der Waals surface area contributed by atoms with Gasteiger partial charge in [-0.05, 0) is 54.8 Å². The van der Waals surface area contributed by atoms with Gasteiger partial charge in [-0.2, -0.15) is 13.2 Å². The zero-order valence-electron chi connectivity index (χ0n) is 14.7. The van der Waals surface area contributed by atoms with E-state index in [9.17, 15) is 18.0 Å². The summed E-state index contributed by atoms with van der Waals surface area (Å²) in [4.78, 5) is 12.0. The molecule has 1 aliphatic rings. The van der Waals surface area contributed by atoms with Gasteiger partial charge in [0.05, 0.1) is 11.6 Å². The van der Waals surface area contributed by atoms with Gasteiger partial charge >= 0.3 is 6.18 Å². The van der Waals surface area contributed by atoms with Crippen LogP contribution < -0.4 is 15.4 Å². The second-order valence-corrected chi connectivity index (χ2v) is 6.49. The van der Waals surface area contributed by atoms with Crippen molar-refractivity contribution in [1.82, 2.24) is 10.6 Å². The summed E-state index contributed by atoms with van der Waals surface area (Å²) in [5, 5.41) is 6.05. The average molecular weight is 378 g/mol. The molecule has 0 bridgehead atoms. The van der Waals surface area contributed by atoms with Crippen LogP contribution in [0.2, 0.25) is 0 Å². The first-order valence-corrected chi connectivity index (χ1v) is 8.81. The van der Waals surface area contributed by atoms with Crippen LogP contribution in [0.5, 0.6) is 5.75 Å². The maximum absolute atomic E-state index is 12.5. The lowest BCUT2D eigenvalue weighted by Gasteiger charge is -2.12. The monoisotopic (exact) mass is 378 g/mol. The van der Waals surface area contributed by atoms with Crippen molar-refractivity contribution < 1.29 is 22.7 Å². The van der Waals surface area contributed by atoms with Crippen molar-refractivity contribution in [2.24, 2.45) is 0 Å². The molecule has 1 saturated heterocycles. The van der Waals surface area contributed by atoms with Gasteiger partial charge in [-0.15, -0.1) is 0 Å². The van der Waals surface area contributed by atoms with E-state index in [-0.39, 0.29) is 18.6 Å². The van der Waals surface area contributed by atoms with Crippen molar-refractivity contribution in [1.29, 1.82) is 0 Å². The van der Waals surface area contributed by atoms with E-state index in [1.54, 1.807) is 12.1 Å². The highest BCUT2D eigenvalue weighted by molar-refractivity contribution is 5.81. The number of amides is 1. The third-order valence-corrected chi connectivity index (χ3v) is 4.45. The van der Waals surface area contributed by atoms with Crippen LogP contribution in [0.15, 0.2) is 48.5 Å². The number of benzene rings is 2. The van der Waals surface area contributed by atoms with Gasteiger partial charge in [0.25, 0.3) is 0 Å². The van der Waals surface area contributed by atoms with E-state index in [1.807, 2.05) is 12.1 Å². The summed E-state index contributed by atoms with van der Waals surface area (Å²) in [6.45, 7) is 1.50. The van der Waals surface area contributed by atoms with Gasteiger partial charge in [0.15, 0.2) is 0 Å². The first-order valence-electron chi connectivity index (χ1n) is 8.81. The molecule has 1 fully saturated rings. The molecule has 2 aromatic carbocycles. The van der Waals surface area contributed by atoms with Crippen LogP contribution in [0.25, 0.3) is 0 Å². The molecular formula is C20H21F3N2O2. The molecule has 1 aliphatic heterocycles. The number of halogens is 3. The molecular weight excluding hydrogens is 357 g/mol. The fourth-order valence-corrected chi connectivity index (χ4v) is 2.88. The Morgan fingerprint density at radius 1 is 1.07 bits per heavy atom. The van der Waals surface area contributed by atoms with Crippen molar-refractivity contribution in [3.63, 3.8) is 0 Å². The van der Waals surface area contributed by atoms with E-state index in [2.05, 4.69) is 10.6 Å². The Morgan fingerprint density at radius 3 is 2.33 bits per heavy atom. The SMILES string of the molecule is O=C(NCc1ccc(OCc2ccc(C(F)(F)F)cc2)cc1)[C@@H]1CCCN1. The minimum absolute atomic E-state index is 0.00938. The van der Waals surface area contributed by atoms with Crippen LogP contribution in [-0.2, 0) is 24.1 Å². The third-order valence-electron chi connectivity index (χ3n) is 4.45. The number of hydrogen-bond acceptors (Lipinski definition) is 3. The molecule has 0 aliphatic carbocycles. The largest absolute Gasteiger partial charge is 0.489 e. The number of carbonyl (C=O) groups excluding carboxylic acids is 1. The average Bonchev–Trinajstić information content (AvgIpc) is 3.20. The maximum atomic E-state index is 12.5. The van der Waals surface area contributed by atoms with Gasteiger partial charge in [0.1, 0.15) is 12.4 Å². The number of hydrogen-bond donors (Lipinski definition) is 2. The van der Waals surface area contributed by atoms with E-state index in [0.29, 0.717) is 17.9 Å². The first kappa shape index (κ1) is 19.2. The summed E-state index contributed by atoms with van der Waals surface area (Å²) < 4.78 is 43.2. The van der Waals surface area contributed by atoms with Gasteiger partial charge in [-0.1, -0.05) is 24.3 Å². The standard InChI is InChI=1S/C20H21F3N2O2/c21-20(22,23)16-7-3-15(4-8-16)13-27-17-9-5-14(6-10-17)12-25-19(26)18-2-1-11-24-18/h3-10,18,24H,1-2,11-13H2,(H,25,26)/t18-/m0/s1. The van der Waals surface area contributed by atoms with Crippen molar-refractivity contribution in [3.05, 3.63) is 65.2 Å². The van der Waals surface area contributed by atoms with E-state index in [4.69, 9.17) is 4.74 Å². The topological polar surface area (TPSA) is 50.4 Å². The molecule has 0 radical (unpaired) electrons. The smallest absolute Gasteiger partial charge is 0.416 e. The zero-order valence-corrected chi connectivity index (χ0v) is 14.7. The molecule has 2 N–H and O–H groups in total. The molecule has 7 heteroatoms.